The van der Waals surface area contributed by atoms with Crippen molar-refractivity contribution in [3.05, 3.63) is 0 Å². The summed E-state index contributed by atoms with van der Waals surface area (Å²) < 4.78 is 40.9. The van der Waals surface area contributed by atoms with Gasteiger partial charge in [0.2, 0.25) is 0 Å². The number of nitrogens with one attached hydrogen (secondary N) is 1. The van der Waals surface area contributed by atoms with E-state index in [0.717, 1.165) is 0 Å². The summed E-state index contributed by atoms with van der Waals surface area (Å²) in [6.45, 7) is 5.56. The molecule has 0 aliphatic heterocycles. The lowest BCUT2D eigenvalue weighted by atomic mass is 10.1. The molecule has 0 amide bonds. The summed E-state index contributed by atoms with van der Waals surface area (Å²) >= 11 is 0. The van der Waals surface area contributed by atoms with Crippen molar-refractivity contribution < 1.29 is 17.9 Å². The van der Waals surface area contributed by atoms with Crippen molar-refractivity contribution in [1.29, 1.82) is 0 Å². The molecule has 0 saturated carbocycles. The Hall–Kier alpha value is -0.290. The molecule has 2 nitrogen and oxygen atoms in total. The molecule has 0 spiro atoms. The third kappa shape index (κ3) is 7.15. The maximum Gasteiger partial charge on any atom is 0.390 e. The van der Waals surface area contributed by atoms with Crippen molar-refractivity contribution in [2.24, 2.45) is 0 Å². The molecule has 86 valence electrons. The quantitative estimate of drug-likeness (QED) is 0.756. The third-order valence-corrected chi connectivity index (χ3v) is 1.97. The Labute approximate surface area is 82.8 Å². The lowest BCUT2D eigenvalue weighted by Crippen LogP contribution is -2.42. The maximum atomic E-state index is 11.9. The van der Waals surface area contributed by atoms with Crippen LogP contribution < -0.4 is 5.32 Å². The van der Waals surface area contributed by atoms with Crippen LogP contribution in [0.4, 0.5) is 13.2 Å². The van der Waals surface area contributed by atoms with Gasteiger partial charge in [0.15, 0.2) is 0 Å². The molecular formula is C9H18F3NO. The van der Waals surface area contributed by atoms with Crippen LogP contribution in [-0.2, 0) is 4.74 Å². The number of alkyl halides is 3. The maximum absolute atomic E-state index is 11.9. The fourth-order valence-electron chi connectivity index (χ4n) is 0.912. The normalized spacial score (nSPS) is 15.6. The molecule has 0 heterocycles. The van der Waals surface area contributed by atoms with Crippen molar-refractivity contribution in [2.45, 2.75) is 45.0 Å². The second kappa shape index (κ2) is 4.98. The fourth-order valence-corrected chi connectivity index (χ4v) is 0.912. The first-order valence-electron chi connectivity index (χ1n) is 4.51. The van der Waals surface area contributed by atoms with Crippen LogP contribution in [0.5, 0.6) is 0 Å². The van der Waals surface area contributed by atoms with Crippen LogP contribution in [0, 0.1) is 0 Å². The summed E-state index contributed by atoms with van der Waals surface area (Å²) in [4.78, 5) is 0. The first-order chi connectivity index (χ1) is 6.16. The molecule has 0 radical (unpaired) electrons. The van der Waals surface area contributed by atoms with Gasteiger partial charge in [-0.1, -0.05) is 0 Å². The standard InChI is InChI=1S/C9H18F3NO/c1-7(5-9(10,11)12)13-6-8(2,3)14-4/h7,13H,5-6H2,1-4H3. The summed E-state index contributed by atoms with van der Waals surface area (Å²) in [5.74, 6) is 0. The minimum absolute atomic E-state index is 0.404. The van der Waals surface area contributed by atoms with Crippen LogP contribution in [0.15, 0.2) is 0 Å². The summed E-state index contributed by atoms with van der Waals surface area (Å²) in [5, 5.41) is 2.79. The van der Waals surface area contributed by atoms with Crippen LogP contribution in [0.3, 0.4) is 0 Å². The zero-order valence-corrected chi connectivity index (χ0v) is 9.03. The first kappa shape index (κ1) is 13.7. The van der Waals surface area contributed by atoms with Crippen LogP contribution >= 0.6 is 0 Å². The predicted octanol–water partition coefficient (Wildman–Crippen LogP) is 2.34. The van der Waals surface area contributed by atoms with Gasteiger partial charge in [-0.25, -0.2) is 0 Å². The van der Waals surface area contributed by atoms with Crippen molar-refractivity contribution in [3.63, 3.8) is 0 Å². The van der Waals surface area contributed by atoms with Crippen LogP contribution in [0.1, 0.15) is 27.2 Å². The summed E-state index contributed by atoms with van der Waals surface area (Å²) in [6, 6.07) is -0.579. The zero-order chi connectivity index (χ0) is 11.4. The van der Waals surface area contributed by atoms with Gasteiger partial charge in [0.05, 0.1) is 12.0 Å². The van der Waals surface area contributed by atoms with Crippen molar-refractivity contribution in [1.82, 2.24) is 5.32 Å². The van der Waals surface area contributed by atoms with E-state index in [-0.39, 0.29) is 0 Å². The molecule has 0 saturated heterocycles. The van der Waals surface area contributed by atoms with E-state index in [9.17, 15) is 13.2 Å². The Morgan fingerprint density at radius 1 is 1.29 bits per heavy atom. The molecule has 0 aromatic rings. The Balaban J connectivity index is 3.80. The number of hydrogen-bond donors (Lipinski definition) is 1. The molecule has 1 N–H and O–H groups in total. The van der Waals surface area contributed by atoms with Crippen LogP contribution in [0.2, 0.25) is 0 Å². The fraction of sp³-hybridized carbons (Fsp3) is 1.00. The molecule has 5 heteroatoms. The molecule has 14 heavy (non-hydrogen) atoms. The highest BCUT2D eigenvalue weighted by atomic mass is 19.4. The Morgan fingerprint density at radius 3 is 2.14 bits per heavy atom. The minimum atomic E-state index is -4.11. The van der Waals surface area contributed by atoms with E-state index < -0.39 is 24.2 Å². The second-order valence-corrected chi connectivity index (χ2v) is 4.07. The molecule has 0 aliphatic carbocycles. The highest BCUT2D eigenvalue weighted by Gasteiger charge is 2.30. The van der Waals surface area contributed by atoms with E-state index in [1.807, 2.05) is 13.8 Å². The molecule has 0 bridgehead atoms. The molecule has 0 fully saturated rings. The van der Waals surface area contributed by atoms with Gasteiger partial charge < -0.3 is 10.1 Å². The van der Waals surface area contributed by atoms with E-state index in [2.05, 4.69) is 5.32 Å². The predicted molar refractivity (Wildman–Crippen MR) is 49.2 cm³/mol. The molecule has 0 rings (SSSR count). The number of hydrogen-bond acceptors (Lipinski definition) is 2. The summed E-state index contributed by atoms with van der Waals surface area (Å²) in [7, 11) is 1.54. The number of methoxy groups -OCH3 is 1. The Kier molecular flexibility index (Phi) is 4.88. The van der Waals surface area contributed by atoms with Crippen molar-refractivity contribution in [2.75, 3.05) is 13.7 Å². The molecule has 0 aliphatic rings. The van der Waals surface area contributed by atoms with Gasteiger partial charge in [-0.15, -0.1) is 0 Å². The van der Waals surface area contributed by atoms with Crippen LogP contribution in [0.25, 0.3) is 0 Å². The van der Waals surface area contributed by atoms with E-state index in [1.165, 1.54) is 14.0 Å². The van der Waals surface area contributed by atoms with Crippen molar-refractivity contribution in [3.8, 4) is 0 Å². The van der Waals surface area contributed by atoms with E-state index in [4.69, 9.17) is 4.74 Å². The van der Waals surface area contributed by atoms with Crippen LogP contribution in [-0.4, -0.2) is 31.5 Å². The van der Waals surface area contributed by atoms with Gasteiger partial charge in [0.25, 0.3) is 0 Å². The highest BCUT2D eigenvalue weighted by molar-refractivity contribution is 4.75. The SMILES string of the molecule is COC(C)(C)CNC(C)CC(F)(F)F. The van der Waals surface area contributed by atoms with Gasteiger partial charge in [-0.2, -0.15) is 13.2 Å². The lowest BCUT2D eigenvalue weighted by Gasteiger charge is -2.26. The van der Waals surface area contributed by atoms with Gasteiger partial charge in [-0.3, -0.25) is 0 Å². The highest BCUT2D eigenvalue weighted by Crippen LogP contribution is 2.21. The second-order valence-electron chi connectivity index (χ2n) is 4.07. The minimum Gasteiger partial charge on any atom is -0.377 e. The summed E-state index contributed by atoms with van der Waals surface area (Å²) in [6.07, 6.45) is -4.92. The smallest absolute Gasteiger partial charge is 0.377 e. The molecular weight excluding hydrogens is 195 g/mol. The van der Waals surface area contributed by atoms with E-state index >= 15 is 0 Å². The van der Waals surface area contributed by atoms with E-state index in [0.29, 0.717) is 6.54 Å². The topological polar surface area (TPSA) is 21.3 Å². The van der Waals surface area contributed by atoms with Gasteiger partial charge in [-0.05, 0) is 20.8 Å². The average Bonchev–Trinajstić information content (AvgIpc) is 1.98. The Morgan fingerprint density at radius 2 is 1.79 bits per heavy atom. The van der Waals surface area contributed by atoms with Gasteiger partial charge in [0.1, 0.15) is 0 Å². The van der Waals surface area contributed by atoms with E-state index in [1.54, 1.807) is 0 Å². The van der Waals surface area contributed by atoms with Gasteiger partial charge >= 0.3 is 6.18 Å². The Bertz CT molecular complexity index is 168. The van der Waals surface area contributed by atoms with Gasteiger partial charge in [0, 0.05) is 19.7 Å². The molecule has 1 atom stereocenters. The monoisotopic (exact) mass is 213 g/mol. The number of rotatable bonds is 5. The summed E-state index contributed by atoms with van der Waals surface area (Å²) in [5.41, 5.74) is -0.431. The lowest BCUT2D eigenvalue weighted by molar-refractivity contribution is -0.139. The average molecular weight is 213 g/mol. The largest absolute Gasteiger partial charge is 0.390 e. The number of halogens is 3. The number of ether oxygens (including phenoxy) is 1. The zero-order valence-electron chi connectivity index (χ0n) is 9.03. The molecule has 0 aromatic carbocycles. The third-order valence-electron chi connectivity index (χ3n) is 1.97. The first-order valence-corrected chi connectivity index (χ1v) is 4.51. The molecule has 1 unspecified atom stereocenters. The molecule has 0 aromatic heterocycles. The van der Waals surface area contributed by atoms with Crippen molar-refractivity contribution >= 4 is 0 Å².